The van der Waals surface area contributed by atoms with Gasteiger partial charge in [0.25, 0.3) is 0 Å². The Morgan fingerprint density at radius 3 is 2.68 bits per heavy atom. The number of allylic oxidation sites excluding steroid dienone is 3. The maximum atomic E-state index is 14.1. The first-order valence-corrected chi connectivity index (χ1v) is 19.4. The minimum absolute atomic E-state index is 0.125. The molecule has 3 amide bonds. The number of carbonyl (C=O) groups excluding carboxylic acids is 3. The van der Waals surface area contributed by atoms with Gasteiger partial charge in [0.15, 0.2) is 5.65 Å². The van der Waals surface area contributed by atoms with Gasteiger partial charge in [0, 0.05) is 56.7 Å². The number of benzene rings is 1. The Kier molecular flexibility index (Phi) is 9.68. The molecule has 4 saturated heterocycles. The Hall–Kier alpha value is -6.07. The second kappa shape index (κ2) is 15.2. The van der Waals surface area contributed by atoms with Crippen LogP contribution in [0.25, 0.3) is 17.0 Å². The van der Waals surface area contributed by atoms with E-state index in [2.05, 4.69) is 36.8 Å². The van der Waals surface area contributed by atoms with E-state index in [-0.39, 0.29) is 36.7 Å². The number of fused-ring (bicyclic) bond motifs is 1. The molecule has 0 saturated carbocycles. The molecule has 13 nitrogen and oxygen atoms in total. The van der Waals surface area contributed by atoms with E-state index >= 15 is 0 Å². The number of nitrogens with one attached hydrogen (secondary N) is 1. The number of carbonyl (C=O) groups is 3. The number of imide groups is 1. The lowest BCUT2D eigenvalue weighted by Crippen LogP contribution is -2.52. The molecule has 1 aliphatic carbocycles. The summed E-state index contributed by atoms with van der Waals surface area (Å²) in [4.78, 5) is 54.6. The number of halogens is 1. The summed E-state index contributed by atoms with van der Waals surface area (Å²) in [6.07, 6.45) is 9.36. The Bertz CT molecular complexity index is 2310. The highest BCUT2D eigenvalue weighted by molar-refractivity contribution is 6.01. The second-order valence-corrected chi connectivity index (χ2v) is 14.9. The van der Waals surface area contributed by atoms with Crippen LogP contribution in [0.4, 0.5) is 20.8 Å². The minimum atomic E-state index is -0.706. The van der Waals surface area contributed by atoms with Gasteiger partial charge >= 0.3 is 6.09 Å². The number of ether oxygens (including phenoxy) is 1. The SMILES string of the molecule is O=C1CCC(N2CC(c3cccc(C#CCN4CCN(c5cccc(-c6cnc7ccc(N8CCC[C@@H]8C8C=C(F)C=CC8)nn67)n5)CC4)c3)OC2=O)C(=O)N1. The fraction of sp³-hybridized carbons (Fsp3) is 0.381. The summed E-state index contributed by atoms with van der Waals surface area (Å²) in [6, 6.07) is 17.2. The molecule has 4 atom stereocenters. The van der Waals surface area contributed by atoms with Gasteiger partial charge in [-0.2, -0.15) is 0 Å². The Morgan fingerprint density at radius 1 is 0.946 bits per heavy atom. The van der Waals surface area contributed by atoms with Crippen LogP contribution in [0.1, 0.15) is 49.3 Å². The molecule has 0 spiro atoms. The maximum Gasteiger partial charge on any atom is 0.411 e. The van der Waals surface area contributed by atoms with Crippen LogP contribution in [-0.2, 0) is 14.3 Å². The summed E-state index contributed by atoms with van der Waals surface area (Å²) < 4.78 is 21.6. The van der Waals surface area contributed by atoms with Crippen molar-refractivity contribution in [2.24, 2.45) is 5.92 Å². The molecular formula is C42H42FN9O4. The van der Waals surface area contributed by atoms with Gasteiger partial charge in [-0.1, -0.05) is 36.1 Å². The molecule has 7 heterocycles. The summed E-state index contributed by atoms with van der Waals surface area (Å²) in [5.74, 6) is 7.53. The predicted molar refractivity (Wildman–Crippen MR) is 207 cm³/mol. The summed E-state index contributed by atoms with van der Waals surface area (Å²) in [7, 11) is 0. The van der Waals surface area contributed by atoms with Gasteiger partial charge in [0.1, 0.15) is 35.3 Å². The number of piperazine rings is 1. The normalized spacial score (nSPS) is 24.3. The average molecular weight is 756 g/mol. The fourth-order valence-corrected chi connectivity index (χ4v) is 8.48. The van der Waals surface area contributed by atoms with E-state index in [1.807, 2.05) is 71.4 Å². The largest absolute Gasteiger partial charge is 0.439 e. The molecule has 1 aromatic carbocycles. The first kappa shape index (κ1) is 35.6. The van der Waals surface area contributed by atoms with Gasteiger partial charge in [-0.15, -0.1) is 5.10 Å². The molecule has 4 aromatic rings. The number of hydrogen-bond donors (Lipinski definition) is 1. The van der Waals surface area contributed by atoms with Crippen molar-refractivity contribution in [3.63, 3.8) is 0 Å². The van der Waals surface area contributed by atoms with Crippen molar-refractivity contribution in [2.45, 2.75) is 50.3 Å². The van der Waals surface area contributed by atoms with Crippen LogP contribution < -0.4 is 15.1 Å². The van der Waals surface area contributed by atoms with Gasteiger partial charge in [0.05, 0.1) is 25.0 Å². The van der Waals surface area contributed by atoms with Crippen molar-refractivity contribution >= 4 is 35.2 Å². The van der Waals surface area contributed by atoms with E-state index < -0.39 is 24.1 Å². The molecule has 56 heavy (non-hydrogen) atoms. The molecule has 1 N–H and O–H groups in total. The molecule has 14 heteroatoms. The number of pyridine rings is 1. The lowest BCUT2D eigenvalue weighted by atomic mass is 9.90. The third-order valence-electron chi connectivity index (χ3n) is 11.4. The zero-order chi connectivity index (χ0) is 38.2. The number of amides is 3. The Balaban J connectivity index is 0.816. The summed E-state index contributed by atoms with van der Waals surface area (Å²) in [5, 5.41) is 7.35. The van der Waals surface area contributed by atoms with Gasteiger partial charge in [-0.25, -0.2) is 23.7 Å². The predicted octanol–water partition coefficient (Wildman–Crippen LogP) is 4.66. The zero-order valence-electron chi connectivity index (χ0n) is 30.9. The van der Waals surface area contributed by atoms with Gasteiger partial charge in [0.2, 0.25) is 11.8 Å². The first-order valence-electron chi connectivity index (χ1n) is 19.4. The lowest BCUT2D eigenvalue weighted by Gasteiger charge is -2.34. The van der Waals surface area contributed by atoms with Crippen molar-refractivity contribution < 1.29 is 23.5 Å². The monoisotopic (exact) mass is 755 g/mol. The van der Waals surface area contributed by atoms with Crippen LogP contribution in [-0.4, -0.2) is 105 Å². The van der Waals surface area contributed by atoms with Crippen molar-refractivity contribution in [3.05, 3.63) is 96.0 Å². The highest BCUT2D eigenvalue weighted by atomic mass is 19.1. The lowest BCUT2D eigenvalue weighted by molar-refractivity contribution is -0.136. The number of cyclic esters (lactones) is 1. The number of piperidine rings is 1. The molecule has 4 aliphatic heterocycles. The van der Waals surface area contributed by atoms with Crippen molar-refractivity contribution in [3.8, 4) is 23.2 Å². The fourth-order valence-electron chi connectivity index (χ4n) is 8.48. The first-order chi connectivity index (χ1) is 27.4. The Labute approximate surface area is 323 Å². The average Bonchev–Trinajstić information content (AvgIpc) is 3.97. The van der Waals surface area contributed by atoms with Gasteiger partial charge < -0.3 is 14.5 Å². The minimum Gasteiger partial charge on any atom is -0.439 e. The Morgan fingerprint density at radius 2 is 1.82 bits per heavy atom. The van der Waals surface area contributed by atoms with Crippen molar-refractivity contribution in [1.29, 1.82) is 0 Å². The molecule has 5 aliphatic rings. The maximum absolute atomic E-state index is 14.1. The van der Waals surface area contributed by atoms with Crippen LogP contribution >= 0.6 is 0 Å². The van der Waals surface area contributed by atoms with E-state index in [1.165, 1.54) is 4.90 Å². The third-order valence-corrected chi connectivity index (χ3v) is 11.4. The second-order valence-electron chi connectivity index (χ2n) is 14.9. The molecule has 4 fully saturated rings. The smallest absolute Gasteiger partial charge is 0.411 e. The van der Waals surface area contributed by atoms with Crippen molar-refractivity contribution in [1.82, 2.24) is 34.7 Å². The third kappa shape index (κ3) is 7.22. The quantitative estimate of drug-likeness (QED) is 0.210. The van der Waals surface area contributed by atoms with Crippen LogP contribution in [0.3, 0.4) is 0 Å². The highest BCUT2D eigenvalue weighted by Crippen LogP contribution is 2.34. The van der Waals surface area contributed by atoms with Crippen LogP contribution in [0, 0.1) is 17.8 Å². The van der Waals surface area contributed by atoms with E-state index in [0.29, 0.717) is 13.0 Å². The zero-order valence-corrected chi connectivity index (χ0v) is 30.9. The van der Waals surface area contributed by atoms with E-state index in [0.717, 1.165) is 91.8 Å². The van der Waals surface area contributed by atoms with Crippen LogP contribution in [0.5, 0.6) is 0 Å². The van der Waals surface area contributed by atoms with Crippen LogP contribution in [0.15, 0.2) is 84.8 Å². The number of anilines is 2. The van der Waals surface area contributed by atoms with Crippen LogP contribution in [0.2, 0.25) is 0 Å². The number of hydrogen-bond acceptors (Lipinski definition) is 10. The molecular weight excluding hydrogens is 714 g/mol. The number of rotatable bonds is 7. The highest BCUT2D eigenvalue weighted by Gasteiger charge is 2.42. The number of imidazole rings is 1. The van der Waals surface area contributed by atoms with Gasteiger partial charge in [-0.3, -0.25) is 24.7 Å². The number of nitrogens with zero attached hydrogens (tertiary/aromatic N) is 8. The van der Waals surface area contributed by atoms with E-state index in [1.54, 1.807) is 12.2 Å². The van der Waals surface area contributed by atoms with Crippen molar-refractivity contribution in [2.75, 3.05) is 55.6 Å². The molecule has 3 unspecified atom stereocenters. The molecule has 9 rings (SSSR count). The summed E-state index contributed by atoms with van der Waals surface area (Å²) in [5.41, 5.74) is 4.00. The van der Waals surface area contributed by atoms with E-state index in [9.17, 15) is 18.8 Å². The standard InChI is InChI=1S/C42H42FN9O4/c43-31-10-2-8-29(25-31)33-12-5-19-50(33)39-16-15-37-44-26-35(52(37)47-39)32-11-3-13-38(45-32)49-22-20-48(21-23-49)18-4-7-28-6-1-9-30(24-28)36-27-51(42(55)56-36)34-14-17-40(53)46-41(34)54/h1-3,6,9-11,13,15-16,24-26,29,33-34,36H,5,8,12,14,17-23,27H2,(H,46,53,54)/t29?,33-,34?,36?/m1/s1. The molecule has 0 bridgehead atoms. The molecule has 3 aromatic heterocycles. The van der Waals surface area contributed by atoms with Gasteiger partial charge in [-0.05, 0) is 79.8 Å². The van der Waals surface area contributed by atoms with E-state index in [4.69, 9.17) is 14.8 Å². The summed E-state index contributed by atoms with van der Waals surface area (Å²) in [6.45, 7) is 5.02. The molecule has 286 valence electrons. The topological polar surface area (TPSA) is 129 Å². The number of aromatic nitrogens is 4. The molecule has 0 radical (unpaired) electrons. The summed E-state index contributed by atoms with van der Waals surface area (Å²) >= 11 is 0.